The predicted octanol–water partition coefficient (Wildman–Crippen LogP) is 3.19. The van der Waals surface area contributed by atoms with E-state index in [0.29, 0.717) is 12.8 Å². The Morgan fingerprint density at radius 3 is 2.41 bits per heavy atom. The van der Waals surface area contributed by atoms with E-state index in [2.05, 4.69) is 5.32 Å². The van der Waals surface area contributed by atoms with Gasteiger partial charge in [-0.05, 0) is 36.6 Å². The summed E-state index contributed by atoms with van der Waals surface area (Å²) in [6.07, 6.45) is 0.939. The highest BCUT2D eigenvalue weighted by Crippen LogP contribution is 2.12. The van der Waals surface area contributed by atoms with Gasteiger partial charge in [-0.1, -0.05) is 42.0 Å². The lowest BCUT2D eigenvalue weighted by atomic mass is 10.1. The Hall–Kier alpha value is -2.62. The number of aryl methyl sites for hydroxylation is 2. The zero-order chi connectivity index (χ0) is 15.9. The van der Waals surface area contributed by atoms with Crippen LogP contribution in [0.3, 0.4) is 0 Å². The summed E-state index contributed by atoms with van der Waals surface area (Å²) in [6, 6.07) is 15.1. The number of carboxylic acid groups (broad SMARTS) is 1. The molecule has 0 unspecified atom stereocenters. The molecule has 0 fully saturated rings. The van der Waals surface area contributed by atoms with Gasteiger partial charge in [-0.15, -0.1) is 0 Å². The number of carbonyl (C=O) groups is 2. The number of benzene rings is 2. The number of hydrogen-bond donors (Lipinski definition) is 2. The van der Waals surface area contributed by atoms with Crippen molar-refractivity contribution in [2.45, 2.75) is 26.2 Å². The van der Waals surface area contributed by atoms with Crippen LogP contribution in [0.1, 0.15) is 23.1 Å². The second-order valence-electron chi connectivity index (χ2n) is 5.30. The third-order valence-corrected chi connectivity index (χ3v) is 3.31. The van der Waals surface area contributed by atoms with Crippen molar-refractivity contribution in [3.63, 3.8) is 0 Å². The molecule has 0 aliphatic rings. The standard InChI is InChI=1S/C18H19NO3/c1-13-3-2-4-15(11-13)12-17(20)19-16-8-5-14(6-9-16)7-10-18(21)22/h2-6,8-9,11H,7,10,12H2,1H3,(H,19,20)(H,21,22). The van der Waals surface area contributed by atoms with Crippen LogP contribution in [0.15, 0.2) is 48.5 Å². The molecule has 0 spiro atoms. The summed E-state index contributed by atoms with van der Waals surface area (Å²) in [4.78, 5) is 22.5. The molecule has 2 aromatic carbocycles. The molecule has 0 atom stereocenters. The highest BCUT2D eigenvalue weighted by Gasteiger charge is 2.05. The fraction of sp³-hybridized carbons (Fsp3) is 0.222. The average molecular weight is 297 g/mol. The first-order chi connectivity index (χ1) is 10.5. The Morgan fingerprint density at radius 2 is 1.77 bits per heavy atom. The maximum atomic E-state index is 12.0. The van der Waals surface area contributed by atoms with Crippen molar-refractivity contribution >= 4 is 17.6 Å². The van der Waals surface area contributed by atoms with Crippen LogP contribution in [0.4, 0.5) is 5.69 Å². The van der Waals surface area contributed by atoms with Gasteiger partial charge in [-0.2, -0.15) is 0 Å². The Balaban J connectivity index is 1.90. The first-order valence-electron chi connectivity index (χ1n) is 7.19. The van der Waals surface area contributed by atoms with Crippen molar-refractivity contribution in [3.05, 3.63) is 65.2 Å². The topological polar surface area (TPSA) is 66.4 Å². The van der Waals surface area contributed by atoms with Crippen LogP contribution in [0.5, 0.6) is 0 Å². The molecule has 0 radical (unpaired) electrons. The molecule has 22 heavy (non-hydrogen) atoms. The lowest BCUT2D eigenvalue weighted by Gasteiger charge is -2.07. The van der Waals surface area contributed by atoms with Crippen LogP contribution < -0.4 is 5.32 Å². The molecular formula is C18H19NO3. The van der Waals surface area contributed by atoms with E-state index in [-0.39, 0.29) is 12.3 Å². The van der Waals surface area contributed by atoms with Gasteiger partial charge < -0.3 is 10.4 Å². The molecule has 0 aliphatic carbocycles. The highest BCUT2D eigenvalue weighted by molar-refractivity contribution is 5.92. The van der Waals surface area contributed by atoms with Crippen LogP contribution in [-0.2, 0) is 22.4 Å². The summed E-state index contributed by atoms with van der Waals surface area (Å²) in [5.74, 6) is -0.876. The van der Waals surface area contributed by atoms with Gasteiger partial charge in [0.2, 0.25) is 5.91 Å². The smallest absolute Gasteiger partial charge is 0.303 e. The minimum atomic E-state index is -0.810. The second kappa shape index (κ2) is 7.41. The number of hydrogen-bond acceptors (Lipinski definition) is 2. The molecule has 0 aliphatic heterocycles. The number of amides is 1. The molecule has 0 bridgehead atoms. The maximum absolute atomic E-state index is 12.0. The molecule has 2 aromatic rings. The van der Waals surface area contributed by atoms with E-state index in [4.69, 9.17) is 5.11 Å². The highest BCUT2D eigenvalue weighted by atomic mass is 16.4. The van der Waals surface area contributed by atoms with Crippen molar-refractivity contribution in [1.29, 1.82) is 0 Å². The Labute approximate surface area is 129 Å². The molecule has 0 aromatic heterocycles. The van der Waals surface area contributed by atoms with Crippen molar-refractivity contribution in [2.75, 3.05) is 5.32 Å². The van der Waals surface area contributed by atoms with Gasteiger partial charge in [0.1, 0.15) is 0 Å². The molecule has 2 N–H and O–H groups in total. The molecule has 2 rings (SSSR count). The van der Waals surface area contributed by atoms with E-state index in [9.17, 15) is 9.59 Å². The zero-order valence-electron chi connectivity index (χ0n) is 12.5. The maximum Gasteiger partial charge on any atom is 0.303 e. The fourth-order valence-electron chi connectivity index (χ4n) is 2.22. The van der Waals surface area contributed by atoms with E-state index < -0.39 is 5.97 Å². The fourth-order valence-corrected chi connectivity index (χ4v) is 2.22. The van der Waals surface area contributed by atoms with E-state index in [1.165, 1.54) is 0 Å². The molecule has 0 saturated carbocycles. The largest absolute Gasteiger partial charge is 0.481 e. The van der Waals surface area contributed by atoms with E-state index in [1.54, 1.807) is 12.1 Å². The van der Waals surface area contributed by atoms with Crippen LogP contribution in [0.25, 0.3) is 0 Å². The summed E-state index contributed by atoms with van der Waals surface area (Å²) in [5.41, 5.74) is 3.78. The molecule has 4 heteroatoms. The van der Waals surface area contributed by atoms with Gasteiger partial charge in [-0.3, -0.25) is 9.59 Å². The molecule has 1 amide bonds. The predicted molar refractivity (Wildman–Crippen MR) is 85.9 cm³/mol. The van der Waals surface area contributed by atoms with Crippen molar-refractivity contribution < 1.29 is 14.7 Å². The number of rotatable bonds is 6. The first kappa shape index (κ1) is 15.8. The molecular weight excluding hydrogens is 278 g/mol. The normalized spacial score (nSPS) is 10.2. The van der Waals surface area contributed by atoms with Crippen LogP contribution >= 0.6 is 0 Å². The summed E-state index contributed by atoms with van der Waals surface area (Å²) < 4.78 is 0. The molecule has 4 nitrogen and oxygen atoms in total. The average Bonchev–Trinajstić information content (AvgIpc) is 2.46. The molecule has 114 valence electrons. The van der Waals surface area contributed by atoms with E-state index in [0.717, 1.165) is 22.4 Å². The minimum absolute atomic E-state index is 0.0658. The first-order valence-corrected chi connectivity index (χ1v) is 7.19. The zero-order valence-corrected chi connectivity index (χ0v) is 12.5. The number of carboxylic acids is 1. The summed E-state index contributed by atoms with van der Waals surface area (Å²) >= 11 is 0. The lowest BCUT2D eigenvalue weighted by Crippen LogP contribution is -2.14. The van der Waals surface area contributed by atoms with E-state index in [1.807, 2.05) is 43.3 Å². The van der Waals surface area contributed by atoms with Gasteiger partial charge in [0.25, 0.3) is 0 Å². The third-order valence-electron chi connectivity index (χ3n) is 3.31. The molecule has 0 saturated heterocycles. The quantitative estimate of drug-likeness (QED) is 0.860. The van der Waals surface area contributed by atoms with Gasteiger partial charge in [0.05, 0.1) is 6.42 Å². The number of aliphatic carboxylic acids is 1. The molecule has 0 heterocycles. The summed E-state index contributed by atoms with van der Waals surface area (Å²) in [7, 11) is 0. The van der Waals surface area contributed by atoms with Crippen LogP contribution in [-0.4, -0.2) is 17.0 Å². The van der Waals surface area contributed by atoms with Crippen LogP contribution in [0, 0.1) is 6.92 Å². The van der Waals surface area contributed by atoms with Gasteiger partial charge in [-0.25, -0.2) is 0 Å². The van der Waals surface area contributed by atoms with Crippen molar-refractivity contribution in [1.82, 2.24) is 0 Å². The monoisotopic (exact) mass is 297 g/mol. The number of anilines is 1. The Bertz CT molecular complexity index is 662. The minimum Gasteiger partial charge on any atom is -0.481 e. The van der Waals surface area contributed by atoms with E-state index >= 15 is 0 Å². The number of carbonyl (C=O) groups excluding carboxylic acids is 1. The van der Waals surface area contributed by atoms with Crippen molar-refractivity contribution in [3.8, 4) is 0 Å². The summed E-state index contributed by atoms with van der Waals surface area (Å²) in [6.45, 7) is 2.00. The van der Waals surface area contributed by atoms with Crippen molar-refractivity contribution in [2.24, 2.45) is 0 Å². The van der Waals surface area contributed by atoms with Gasteiger partial charge in [0.15, 0.2) is 0 Å². The third kappa shape index (κ3) is 5.05. The van der Waals surface area contributed by atoms with Gasteiger partial charge >= 0.3 is 5.97 Å². The van der Waals surface area contributed by atoms with Crippen LogP contribution in [0.2, 0.25) is 0 Å². The van der Waals surface area contributed by atoms with Gasteiger partial charge in [0, 0.05) is 12.1 Å². The summed E-state index contributed by atoms with van der Waals surface area (Å²) in [5, 5.41) is 11.5. The second-order valence-corrected chi connectivity index (χ2v) is 5.30. The Morgan fingerprint density at radius 1 is 1.05 bits per heavy atom. The number of nitrogens with one attached hydrogen (secondary N) is 1. The SMILES string of the molecule is Cc1cccc(CC(=O)Nc2ccc(CCC(=O)O)cc2)c1. The lowest BCUT2D eigenvalue weighted by molar-refractivity contribution is -0.137. The Kier molecular flexibility index (Phi) is 5.31.